The van der Waals surface area contributed by atoms with Crippen molar-refractivity contribution in [3.63, 3.8) is 0 Å². The molecule has 1 unspecified atom stereocenters. The molecule has 3 aliphatic heterocycles. The van der Waals surface area contributed by atoms with Gasteiger partial charge in [0.05, 0.1) is 0 Å². The Kier molecular flexibility index (Phi) is 4.98. The molecule has 3 heterocycles. The number of benzene rings is 2. The highest BCUT2D eigenvalue weighted by atomic mass is 16.5. The highest BCUT2D eigenvalue weighted by molar-refractivity contribution is 6.01. The summed E-state index contributed by atoms with van der Waals surface area (Å²) in [6, 6.07) is 14.4. The number of amides is 2. The predicted octanol–water partition coefficient (Wildman–Crippen LogP) is 3.75. The van der Waals surface area contributed by atoms with E-state index in [1.54, 1.807) is 4.90 Å². The van der Waals surface area contributed by atoms with Crippen LogP contribution in [0.4, 0.5) is 0 Å². The van der Waals surface area contributed by atoms with Crippen molar-refractivity contribution in [2.75, 3.05) is 0 Å². The van der Waals surface area contributed by atoms with E-state index in [0.717, 1.165) is 42.9 Å². The van der Waals surface area contributed by atoms with Crippen molar-refractivity contribution in [2.24, 2.45) is 0 Å². The second-order valence-electron chi connectivity index (χ2n) is 9.73. The number of fused-ring (bicyclic) bond motifs is 2. The van der Waals surface area contributed by atoms with Gasteiger partial charge >= 0.3 is 0 Å². The molecule has 0 bridgehead atoms. The van der Waals surface area contributed by atoms with Crippen molar-refractivity contribution < 1.29 is 14.3 Å². The first-order valence-corrected chi connectivity index (χ1v) is 12.0. The van der Waals surface area contributed by atoms with Gasteiger partial charge in [0.1, 0.15) is 17.9 Å². The van der Waals surface area contributed by atoms with Crippen LogP contribution in [0.3, 0.4) is 0 Å². The van der Waals surface area contributed by atoms with Crippen molar-refractivity contribution in [2.45, 2.75) is 69.9 Å². The Labute approximate surface area is 194 Å². The fraction of sp³-hybridized carbons (Fsp3) is 0.407. The van der Waals surface area contributed by atoms with E-state index in [0.29, 0.717) is 31.0 Å². The number of hydrogen-bond acceptors (Lipinski definition) is 4. The first-order valence-electron chi connectivity index (χ1n) is 12.0. The van der Waals surface area contributed by atoms with Gasteiger partial charge in [-0.3, -0.25) is 14.5 Å². The maximum absolute atomic E-state index is 13.0. The number of piperidine rings is 1. The summed E-state index contributed by atoms with van der Waals surface area (Å²) in [5, 5.41) is 2.79. The number of hydrogen-bond donors (Lipinski definition) is 1. The summed E-state index contributed by atoms with van der Waals surface area (Å²) in [6.07, 6.45) is 4.84. The Bertz CT molecular complexity index is 1120. The summed E-state index contributed by atoms with van der Waals surface area (Å²) in [7, 11) is 0. The normalized spacial score (nSPS) is 27.0. The molecule has 2 amide bonds. The molecule has 33 heavy (non-hydrogen) atoms. The lowest BCUT2D eigenvalue weighted by molar-refractivity contribution is -0.126. The largest absolute Gasteiger partial charge is 0.489 e. The third kappa shape index (κ3) is 3.62. The smallest absolute Gasteiger partial charge is 0.255 e. The predicted molar refractivity (Wildman–Crippen MR) is 124 cm³/mol. The molecule has 6 heteroatoms. The monoisotopic (exact) mass is 443 g/mol. The third-order valence-corrected chi connectivity index (χ3v) is 7.65. The summed E-state index contributed by atoms with van der Waals surface area (Å²) in [5.41, 5.74) is 5.20. The molecule has 3 atom stereocenters. The lowest BCUT2D eigenvalue weighted by atomic mass is 10.0. The molecule has 6 nitrogen and oxygen atoms in total. The van der Waals surface area contributed by atoms with Gasteiger partial charge in [-0.05, 0) is 67.0 Å². The molecule has 0 aromatic heterocycles. The van der Waals surface area contributed by atoms with Crippen LogP contribution in [0.2, 0.25) is 0 Å². The zero-order valence-corrected chi connectivity index (χ0v) is 18.8. The fourth-order valence-corrected chi connectivity index (χ4v) is 5.93. The van der Waals surface area contributed by atoms with E-state index in [1.165, 1.54) is 17.5 Å². The van der Waals surface area contributed by atoms with Gasteiger partial charge in [-0.25, -0.2) is 0 Å². The number of nitrogens with zero attached hydrogens (tertiary/aromatic N) is 2. The number of carbonyl (C=O) groups excluding carboxylic acids is 2. The van der Waals surface area contributed by atoms with Gasteiger partial charge in [-0.1, -0.05) is 30.8 Å². The number of nitrogens with one attached hydrogen (secondary N) is 1. The fourth-order valence-electron chi connectivity index (χ4n) is 5.93. The molecule has 0 radical (unpaired) electrons. The van der Waals surface area contributed by atoms with E-state index in [2.05, 4.69) is 41.1 Å². The van der Waals surface area contributed by atoms with Crippen LogP contribution >= 0.6 is 0 Å². The molecular weight excluding hydrogens is 414 g/mol. The molecule has 0 spiro atoms. The van der Waals surface area contributed by atoms with Crippen LogP contribution in [-0.2, 0) is 24.4 Å². The first kappa shape index (κ1) is 20.5. The maximum atomic E-state index is 13.0. The third-order valence-electron chi connectivity index (χ3n) is 7.65. The Morgan fingerprint density at radius 1 is 0.939 bits per heavy atom. The summed E-state index contributed by atoms with van der Waals surface area (Å²) in [5.74, 6) is 0.612. The van der Waals surface area contributed by atoms with Crippen molar-refractivity contribution >= 4 is 11.8 Å². The van der Waals surface area contributed by atoms with Gasteiger partial charge in [0.2, 0.25) is 5.91 Å². The van der Waals surface area contributed by atoms with Gasteiger partial charge in [-0.2, -0.15) is 0 Å². The van der Waals surface area contributed by atoms with Crippen molar-refractivity contribution in [1.82, 2.24) is 15.1 Å². The second kappa shape index (κ2) is 8.03. The van der Waals surface area contributed by atoms with Crippen molar-refractivity contribution in [1.29, 1.82) is 0 Å². The van der Waals surface area contributed by atoms with E-state index in [-0.39, 0.29) is 17.9 Å². The molecule has 1 saturated heterocycles. The molecule has 6 rings (SSSR count). The minimum absolute atomic E-state index is 0.0715. The molecule has 2 aromatic carbocycles. The van der Waals surface area contributed by atoms with Crippen LogP contribution in [0.25, 0.3) is 0 Å². The SMILES string of the molecule is C=C1CCC(N2Cc3cc(O[C@H]4CCC[C@H]4N4Cc5ccccc5C4)ccc3C2=O)C(=O)N1. The van der Waals surface area contributed by atoms with Crippen molar-refractivity contribution in [3.05, 3.63) is 77.0 Å². The first-order chi connectivity index (χ1) is 16.1. The summed E-state index contributed by atoms with van der Waals surface area (Å²) in [4.78, 5) is 29.7. The van der Waals surface area contributed by atoms with E-state index < -0.39 is 6.04 Å². The standard InChI is InChI=1S/C27H29N3O3/c1-17-9-12-24(26(31)28-17)30-16-20-13-21(10-11-22(20)27(30)32)33-25-8-4-7-23(25)29-14-18-5-2-3-6-19(18)15-29/h2-3,5-6,10-11,13,23-25H,1,4,7-9,12,14-16H2,(H,28,31)/t23-,24?,25+/m1/s1. The molecule has 1 N–H and O–H groups in total. The van der Waals surface area contributed by atoms with E-state index >= 15 is 0 Å². The number of carbonyl (C=O) groups is 2. The van der Waals surface area contributed by atoms with Gasteiger partial charge in [0, 0.05) is 36.9 Å². The van der Waals surface area contributed by atoms with Crippen LogP contribution in [0.15, 0.2) is 54.7 Å². The Balaban J connectivity index is 1.16. The van der Waals surface area contributed by atoms with E-state index in [4.69, 9.17) is 4.74 Å². The van der Waals surface area contributed by atoms with Crippen LogP contribution in [0.5, 0.6) is 5.75 Å². The average Bonchev–Trinajstić information content (AvgIpc) is 3.51. The van der Waals surface area contributed by atoms with E-state index in [1.807, 2.05) is 18.2 Å². The zero-order chi connectivity index (χ0) is 22.5. The Morgan fingerprint density at radius 2 is 1.73 bits per heavy atom. The number of rotatable bonds is 4. The lowest BCUT2D eigenvalue weighted by Crippen LogP contribution is -2.49. The maximum Gasteiger partial charge on any atom is 0.255 e. The minimum atomic E-state index is -0.434. The van der Waals surface area contributed by atoms with Gasteiger partial charge in [-0.15, -0.1) is 0 Å². The summed E-state index contributed by atoms with van der Waals surface area (Å²) in [6.45, 7) is 6.27. The number of allylic oxidation sites excluding steroid dienone is 1. The Morgan fingerprint density at radius 3 is 2.48 bits per heavy atom. The van der Waals surface area contributed by atoms with Gasteiger partial charge < -0.3 is 15.0 Å². The lowest BCUT2D eigenvalue weighted by Gasteiger charge is -2.30. The molecule has 1 saturated carbocycles. The molecular formula is C27H29N3O3. The average molecular weight is 444 g/mol. The Hall–Kier alpha value is -3.12. The van der Waals surface area contributed by atoms with Crippen LogP contribution in [0, 0.1) is 0 Å². The quantitative estimate of drug-likeness (QED) is 0.782. The van der Waals surface area contributed by atoms with Crippen LogP contribution in [0.1, 0.15) is 59.2 Å². The van der Waals surface area contributed by atoms with Gasteiger partial charge in [0.25, 0.3) is 5.91 Å². The highest BCUT2D eigenvalue weighted by Gasteiger charge is 2.39. The molecule has 4 aliphatic rings. The van der Waals surface area contributed by atoms with Crippen molar-refractivity contribution in [3.8, 4) is 5.75 Å². The molecule has 170 valence electrons. The van der Waals surface area contributed by atoms with Crippen LogP contribution < -0.4 is 10.1 Å². The molecule has 2 aromatic rings. The molecule has 2 fully saturated rings. The zero-order valence-electron chi connectivity index (χ0n) is 18.8. The minimum Gasteiger partial charge on any atom is -0.489 e. The van der Waals surface area contributed by atoms with Crippen LogP contribution in [-0.4, -0.2) is 39.8 Å². The topological polar surface area (TPSA) is 61.9 Å². The van der Waals surface area contributed by atoms with Gasteiger partial charge in [0.15, 0.2) is 0 Å². The van der Waals surface area contributed by atoms with E-state index in [9.17, 15) is 9.59 Å². The highest BCUT2D eigenvalue weighted by Crippen LogP contribution is 2.36. The summed E-state index contributed by atoms with van der Waals surface area (Å²) < 4.78 is 6.51. The second-order valence-corrected chi connectivity index (χ2v) is 9.73. The molecule has 1 aliphatic carbocycles. The number of ether oxygens (including phenoxy) is 1. The summed E-state index contributed by atoms with van der Waals surface area (Å²) >= 11 is 0.